The highest BCUT2D eigenvalue weighted by Gasteiger charge is 2.20. The Labute approximate surface area is 135 Å². The molecule has 0 fully saturated rings. The molecule has 0 spiro atoms. The number of para-hydroxylation sites is 2. The summed E-state index contributed by atoms with van der Waals surface area (Å²) in [6, 6.07) is 12.5. The predicted octanol–water partition coefficient (Wildman–Crippen LogP) is 4.60. The summed E-state index contributed by atoms with van der Waals surface area (Å²) in [7, 11) is 0. The number of rotatable bonds is 3. The molecule has 2 heterocycles. The van der Waals surface area contributed by atoms with Crippen molar-refractivity contribution in [2.24, 2.45) is 0 Å². The molecule has 2 aromatic heterocycles. The Morgan fingerprint density at radius 2 is 1.30 bits per heavy atom. The van der Waals surface area contributed by atoms with Gasteiger partial charge in [0.2, 0.25) is 0 Å². The van der Waals surface area contributed by atoms with Crippen molar-refractivity contribution in [1.29, 1.82) is 0 Å². The van der Waals surface area contributed by atoms with E-state index in [1.165, 1.54) is 11.1 Å². The maximum Gasteiger partial charge on any atom is 0.117 e. The molecule has 116 valence electrons. The maximum absolute atomic E-state index is 4.84. The Bertz CT molecular complexity index is 913. The molecule has 2 N–H and O–H groups in total. The van der Waals surface area contributed by atoms with Gasteiger partial charge in [-0.2, -0.15) is 0 Å². The minimum atomic E-state index is 0.147. The molecule has 0 unspecified atom stereocenters. The van der Waals surface area contributed by atoms with Crippen LogP contribution in [-0.4, -0.2) is 19.9 Å². The monoisotopic (exact) mass is 304 g/mol. The number of aryl methyl sites for hydroxylation is 2. The van der Waals surface area contributed by atoms with Crippen LogP contribution in [0.5, 0.6) is 0 Å². The maximum atomic E-state index is 4.84. The Balaban J connectivity index is 1.85. The van der Waals surface area contributed by atoms with E-state index in [9.17, 15) is 0 Å². The topological polar surface area (TPSA) is 57.4 Å². The van der Waals surface area contributed by atoms with Crippen molar-refractivity contribution < 1.29 is 0 Å². The molecule has 4 heteroatoms. The van der Waals surface area contributed by atoms with Crippen molar-refractivity contribution in [3.8, 4) is 0 Å². The van der Waals surface area contributed by atoms with Crippen molar-refractivity contribution >= 4 is 22.1 Å². The number of benzene rings is 2. The zero-order valence-corrected chi connectivity index (χ0v) is 13.6. The Hall–Kier alpha value is -2.62. The van der Waals surface area contributed by atoms with E-state index in [0.29, 0.717) is 0 Å². The lowest BCUT2D eigenvalue weighted by Crippen LogP contribution is -2.04. The van der Waals surface area contributed by atoms with Gasteiger partial charge in [-0.1, -0.05) is 31.2 Å². The zero-order valence-electron chi connectivity index (χ0n) is 13.6. The number of aromatic amines is 2. The van der Waals surface area contributed by atoms with Gasteiger partial charge < -0.3 is 9.97 Å². The van der Waals surface area contributed by atoms with Crippen LogP contribution in [0.3, 0.4) is 0 Å². The van der Waals surface area contributed by atoms with E-state index >= 15 is 0 Å². The number of H-pyrrole nitrogens is 2. The first-order valence-corrected chi connectivity index (χ1v) is 8.08. The Morgan fingerprint density at radius 3 is 1.70 bits per heavy atom. The summed E-state index contributed by atoms with van der Waals surface area (Å²) in [6.45, 7) is 6.36. The molecule has 4 aromatic rings. The van der Waals surface area contributed by atoms with Crippen LogP contribution in [0, 0.1) is 13.8 Å². The summed E-state index contributed by atoms with van der Waals surface area (Å²) in [5.41, 5.74) is 6.67. The number of nitrogens with one attached hydrogen (secondary N) is 2. The predicted molar refractivity (Wildman–Crippen MR) is 93.8 cm³/mol. The van der Waals surface area contributed by atoms with Crippen LogP contribution in [0.15, 0.2) is 36.4 Å². The second kappa shape index (κ2) is 5.23. The quantitative estimate of drug-likeness (QED) is 0.581. The number of aromatic nitrogens is 4. The van der Waals surface area contributed by atoms with Gasteiger partial charge >= 0.3 is 0 Å². The van der Waals surface area contributed by atoms with Crippen LogP contribution >= 0.6 is 0 Å². The smallest absolute Gasteiger partial charge is 0.117 e. The highest BCUT2D eigenvalue weighted by Crippen LogP contribution is 2.28. The third-order valence-electron chi connectivity index (χ3n) is 4.53. The van der Waals surface area contributed by atoms with Crippen molar-refractivity contribution in [2.75, 3.05) is 0 Å². The molecular weight excluding hydrogens is 284 g/mol. The van der Waals surface area contributed by atoms with E-state index in [1.807, 2.05) is 0 Å². The molecule has 2 aromatic carbocycles. The van der Waals surface area contributed by atoms with Crippen LogP contribution in [-0.2, 0) is 0 Å². The molecule has 0 amide bonds. The lowest BCUT2D eigenvalue weighted by Gasteiger charge is -2.08. The number of fused-ring (bicyclic) bond motifs is 2. The van der Waals surface area contributed by atoms with Gasteiger partial charge in [0.1, 0.15) is 11.6 Å². The van der Waals surface area contributed by atoms with Crippen LogP contribution in [0.25, 0.3) is 22.1 Å². The largest absolute Gasteiger partial charge is 0.341 e. The zero-order chi connectivity index (χ0) is 16.0. The van der Waals surface area contributed by atoms with Crippen LogP contribution in [0.1, 0.15) is 42.0 Å². The molecular formula is C19H20N4. The molecule has 4 nitrogen and oxygen atoms in total. The summed E-state index contributed by atoms with van der Waals surface area (Å²) < 4.78 is 0. The molecule has 0 saturated heterocycles. The average Bonchev–Trinajstić information content (AvgIpc) is 3.14. The van der Waals surface area contributed by atoms with Gasteiger partial charge in [-0.15, -0.1) is 0 Å². The lowest BCUT2D eigenvalue weighted by molar-refractivity contribution is 0.694. The molecule has 0 saturated carbocycles. The SMILES string of the molecule is CCC(c1nc2c(C)cccc2[nH]1)c1nc2c(C)cccc2[nH]1. The van der Waals surface area contributed by atoms with Crippen LogP contribution in [0.2, 0.25) is 0 Å². The van der Waals surface area contributed by atoms with Gasteiger partial charge in [0.05, 0.1) is 28.0 Å². The number of hydrogen-bond donors (Lipinski definition) is 2. The fraction of sp³-hybridized carbons (Fsp3) is 0.263. The average molecular weight is 304 g/mol. The fourth-order valence-electron chi connectivity index (χ4n) is 3.24. The molecule has 0 aliphatic rings. The number of nitrogens with zero attached hydrogens (tertiary/aromatic N) is 2. The second-order valence-corrected chi connectivity index (χ2v) is 6.15. The normalized spacial score (nSPS) is 11.8. The van der Waals surface area contributed by atoms with E-state index in [2.05, 4.69) is 67.1 Å². The molecule has 0 atom stereocenters. The number of hydrogen-bond acceptors (Lipinski definition) is 2. The van der Waals surface area contributed by atoms with Gasteiger partial charge in [-0.05, 0) is 43.5 Å². The molecule has 4 rings (SSSR count). The molecule has 23 heavy (non-hydrogen) atoms. The summed E-state index contributed by atoms with van der Waals surface area (Å²) in [5.74, 6) is 2.11. The molecule has 0 bridgehead atoms. The van der Waals surface area contributed by atoms with Crippen molar-refractivity contribution in [3.05, 3.63) is 59.2 Å². The van der Waals surface area contributed by atoms with Crippen molar-refractivity contribution in [2.45, 2.75) is 33.1 Å². The van der Waals surface area contributed by atoms with Crippen LogP contribution in [0.4, 0.5) is 0 Å². The third kappa shape index (κ3) is 2.22. The molecule has 0 aliphatic heterocycles. The van der Waals surface area contributed by atoms with Crippen molar-refractivity contribution in [1.82, 2.24) is 19.9 Å². The Morgan fingerprint density at radius 1 is 0.826 bits per heavy atom. The van der Waals surface area contributed by atoms with E-state index in [1.54, 1.807) is 0 Å². The van der Waals surface area contributed by atoms with E-state index < -0.39 is 0 Å². The van der Waals surface area contributed by atoms with Gasteiger partial charge in [0, 0.05) is 0 Å². The minimum Gasteiger partial charge on any atom is -0.341 e. The first-order chi connectivity index (χ1) is 11.2. The summed E-state index contributed by atoms with van der Waals surface area (Å²) >= 11 is 0. The number of imidazole rings is 2. The third-order valence-corrected chi connectivity index (χ3v) is 4.53. The van der Waals surface area contributed by atoms with Crippen molar-refractivity contribution in [3.63, 3.8) is 0 Å². The Kier molecular flexibility index (Phi) is 3.18. The van der Waals surface area contributed by atoms with Gasteiger partial charge in [-0.25, -0.2) is 9.97 Å². The van der Waals surface area contributed by atoms with E-state index in [0.717, 1.165) is 40.1 Å². The van der Waals surface area contributed by atoms with Gasteiger partial charge in [0.15, 0.2) is 0 Å². The standard InChI is InChI=1S/C19H20N4/c1-4-13(18-20-14-9-5-7-11(2)16(14)22-18)19-21-15-10-6-8-12(3)17(15)23-19/h5-10,13H,4H2,1-3H3,(H,20,22)(H,21,23). The second-order valence-electron chi connectivity index (χ2n) is 6.15. The molecule has 0 aliphatic carbocycles. The van der Waals surface area contributed by atoms with Gasteiger partial charge in [0.25, 0.3) is 0 Å². The lowest BCUT2D eigenvalue weighted by atomic mass is 10.1. The van der Waals surface area contributed by atoms with E-state index in [4.69, 9.17) is 9.97 Å². The summed E-state index contributed by atoms with van der Waals surface area (Å²) in [4.78, 5) is 16.6. The summed E-state index contributed by atoms with van der Waals surface area (Å²) in [5, 5.41) is 0. The first-order valence-electron chi connectivity index (χ1n) is 8.08. The minimum absolute atomic E-state index is 0.147. The van der Waals surface area contributed by atoms with Gasteiger partial charge in [-0.3, -0.25) is 0 Å². The molecule has 0 radical (unpaired) electrons. The van der Waals surface area contributed by atoms with Crippen LogP contribution < -0.4 is 0 Å². The van der Waals surface area contributed by atoms with E-state index in [-0.39, 0.29) is 5.92 Å². The first kappa shape index (κ1) is 14.0. The fourth-order valence-corrected chi connectivity index (χ4v) is 3.24. The highest BCUT2D eigenvalue weighted by atomic mass is 15.0. The summed E-state index contributed by atoms with van der Waals surface area (Å²) in [6.07, 6.45) is 0.942. The highest BCUT2D eigenvalue weighted by molar-refractivity contribution is 5.80.